The lowest BCUT2D eigenvalue weighted by Crippen LogP contribution is -2.30. The summed E-state index contributed by atoms with van der Waals surface area (Å²) >= 11 is 12.2. The molecule has 0 aliphatic carbocycles. The number of nitrogens with zero attached hydrogens (tertiary/aromatic N) is 1. The summed E-state index contributed by atoms with van der Waals surface area (Å²) in [5, 5.41) is 0.0588. The first-order valence-electron chi connectivity index (χ1n) is 6.97. The van der Waals surface area contributed by atoms with Gasteiger partial charge in [-0.25, -0.2) is 8.42 Å². The molecule has 0 radical (unpaired) electrons. The largest absolute Gasteiger partial charge is 0.495 e. The molecular formula is C16H17Cl2NO3S. The van der Waals surface area contributed by atoms with Crippen molar-refractivity contribution in [1.29, 1.82) is 0 Å². The van der Waals surface area contributed by atoms with Crippen molar-refractivity contribution < 1.29 is 13.2 Å². The number of ether oxygens (including phenoxy) is 1. The van der Waals surface area contributed by atoms with Crippen LogP contribution in [0.4, 0.5) is 0 Å². The third-order valence-corrected chi connectivity index (χ3v) is 6.34. The van der Waals surface area contributed by atoms with E-state index in [9.17, 15) is 8.42 Å². The number of hydrogen-bond donors (Lipinski definition) is 0. The molecule has 124 valence electrons. The van der Waals surface area contributed by atoms with Gasteiger partial charge in [0.25, 0.3) is 0 Å². The van der Waals surface area contributed by atoms with Crippen LogP contribution in [0.2, 0.25) is 10.0 Å². The quantitative estimate of drug-likeness (QED) is 0.761. The van der Waals surface area contributed by atoms with Crippen LogP contribution >= 0.6 is 23.2 Å². The fourth-order valence-corrected chi connectivity index (χ4v) is 4.42. The summed E-state index contributed by atoms with van der Waals surface area (Å²) in [6.07, 6.45) is 0. The molecule has 7 heteroatoms. The van der Waals surface area contributed by atoms with Crippen LogP contribution in [0, 0.1) is 0 Å². The van der Waals surface area contributed by atoms with Gasteiger partial charge in [-0.05, 0) is 17.7 Å². The number of hydrogen-bond acceptors (Lipinski definition) is 3. The van der Waals surface area contributed by atoms with Gasteiger partial charge in [0.1, 0.15) is 15.7 Å². The van der Waals surface area contributed by atoms with Crippen molar-refractivity contribution in [2.45, 2.75) is 18.4 Å². The van der Waals surface area contributed by atoms with Gasteiger partial charge in [-0.3, -0.25) is 0 Å². The van der Waals surface area contributed by atoms with Gasteiger partial charge in [0, 0.05) is 13.1 Å². The van der Waals surface area contributed by atoms with Crippen molar-refractivity contribution in [2.24, 2.45) is 0 Å². The minimum Gasteiger partial charge on any atom is -0.495 e. The van der Waals surface area contributed by atoms with Crippen LogP contribution in [-0.4, -0.2) is 26.4 Å². The molecule has 0 N–H and O–H groups in total. The van der Waals surface area contributed by atoms with E-state index >= 15 is 0 Å². The second-order valence-corrected chi connectivity index (χ2v) is 7.47. The zero-order chi connectivity index (χ0) is 17.0. The zero-order valence-electron chi connectivity index (χ0n) is 12.8. The molecule has 2 aromatic carbocycles. The van der Waals surface area contributed by atoms with Crippen molar-refractivity contribution in [2.75, 3.05) is 13.7 Å². The highest BCUT2D eigenvalue weighted by molar-refractivity contribution is 7.89. The van der Waals surface area contributed by atoms with Crippen LogP contribution in [0.15, 0.2) is 47.4 Å². The van der Waals surface area contributed by atoms with E-state index in [0.717, 1.165) is 5.56 Å². The second kappa shape index (κ2) is 7.53. The van der Waals surface area contributed by atoms with E-state index in [1.807, 2.05) is 30.3 Å². The SMILES string of the molecule is CCN(Cc1ccccc1)S(=O)(=O)c1ccc(OC)c(Cl)c1Cl. The Labute approximate surface area is 146 Å². The minimum absolute atomic E-state index is 0.0252. The normalized spacial score (nSPS) is 11.7. The standard InChI is InChI=1S/C16H17Cl2NO3S/c1-3-19(11-12-7-5-4-6-8-12)23(20,21)14-10-9-13(22-2)15(17)16(14)18/h4-10H,3,11H2,1-2H3. The maximum Gasteiger partial charge on any atom is 0.244 e. The van der Waals surface area contributed by atoms with Crippen LogP contribution in [0.25, 0.3) is 0 Å². The summed E-state index contributed by atoms with van der Waals surface area (Å²) in [5.41, 5.74) is 0.897. The highest BCUT2D eigenvalue weighted by atomic mass is 35.5. The van der Waals surface area contributed by atoms with E-state index < -0.39 is 10.0 Å². The predicted molar refractivity (Wildman–Crippen MR) is 92.7 cm³/mol. The highest BCUT2D eigenvalue weighted by Crippen LogP contribution is 2.37. The molecule has 0 aliphatic rings. The lowest BCUT2D eigenvalue weighted by Gasteiger charge is -2.22. The zero-order valence-corrected chi connectivity index (χ0v) is 15.1. The number of halogens is 2. The molecule has 0 bridgehead atoms. The first-order chi connectivity index (χ1) is 10.9. The summed E-state index contributed by atoms with van der Waals surface area (Å²) in [7, 11) is -2.32. The molecule has 0 saturated carbocycles. The van der Waals surface area contributed by atoms with Gasteiger partial charge in [-0.15, -0.1) is 0 Å². The number of rotatable bonds is 6. The Kier molecular flexibility index (Phi) is 5.92. The Balaban J connectivity index is 2.42. The first-order valence-corrected chi connectivity index (χ1v) is 9.17. The fourth-order valence-electron chi connectivity index (χ4n) is 2.16. The van der Waals surface area contributed by atoms with Crippen molar-refractivity contribution in [3.8, 4) is 5.75 Å². The molecule has 0 aliphatic heterocycles. The molecule has 0 fully saturated rings. The van der Waals surface area contributed by atoms with Crippen LogP contribution in [0.3, 0.4) is 0 Å². The molecule has 0 heterocycles. The third-order valence-electron chi connectivity index (χ3n) is 3.40. The molecule has 2 rings (SSSR count). The van der Waals surface area contributed by atoms with Gasteiger partial charge in [-0.1, -0.05) is 60.5 Å². The summed E-state index contributed by atoms with van der Waals surface area (Å²) in [6, 6.07) is 12.3. The second-order valence-electron chi connectivity index (χ2n) is 4.81. The number of benzene rings is 2. The molecule has 4 nitrogen and oxygen atoms in total. The van der Waals surface area contributed by atoms with Crippen LogP contribution in [0.1, 0.15) is 12.5 Å². The Morgan fingerprint density at radius 1 is 1.04 bits per heavy atom. The van der Waals surface area contributed by atoms with E-state index in [1.54, 1.807) is 6.92 Å². The van der Waals surface area contributed by atoms with Gasteiger partial charge in [-0.2, -0.15) is 4.31 Å². The summed E-state index contributed by atoms with van der Waals surface area (Å²) < 4.78 is 32.2. The molecule has 0 aromatic heterocycles. The lowest BCUT2D eigenvalue weighted by molar-refractivity contribution is 0.413. The Morgan fingerprint density at radius 3 is 2.26 bits per heavy atom. The predicted octanol–water partition coefficient (Wildman–Crippen LogP) is 4.21. The summed E-state index contributed by atoms with van der Waals surface area (Å²) in [4.78, 5) is -0.0252. The topological polar surface area (TPSA) is 46.6 Å². The van der Waals surface area contributed by atoms with Crippen molar-refractivity contribution in [3.63, 3.8) is 0 Å². The summed E-state index contributed by atoms with van der Waals surface area (Å²) in [5.74, 6) is 0.335. The third kappa shape index (κ3) is 3.80. The van der Waals surface area contributed by atoms with E-state index in [-0.39, 0.29) is 21.5 Å². The van der Waals surface area contributed by atoms with Crippen LogP contribution in [0.5, 0.6) is 5.75 Å². The Hall–Kier alpha value is -1.27. The molecule has 0 atom stereocenters. The summed E-state index contributed by atoms with van der Waals surface area (Å²) in [6.45, 7) is 2.36. The van der Waals surface area contributed by atoms with Crippen LogP contribution in [-0.2, 0) is 16.6 Å². The molecule has 2 aromatic rings. The van der Waals surface area contributed by atoms with Gasteiger partial charge in [0.15, 0.2) is 0 Å². The smallest absolute Gasteiger partial charge is 0.244 e. The van der Waals surface area contributed by atoms with Gasteiger partial charge >= 0.3 is 0 Å². The molecular weight excluding hydrogens is 357 g/mol. The van der Waals surface area contributed by atoms with Gasteiger partial charge in [0.05, 0.1) is 12.1 Å². The first kappa shape index (κ1) is 18.1. The lowest BCUT2D eigenvalue weighted by atomic mass is 10.2. The molecule has 0 amide bonds. The Morgan fingerprint density at radius 2 is 1.70 bits per heavy atom. The average Bonchev–Trinajstić information content (AvgIpc) is 2.55. The Bertz CT molecular complexity index is 779. The van der Waals surface area contributed by atoms with Gasteiger partial charge < -0.3 is 4.74 Å². The van der Waals surface area contributed by atoms with E-state index in [2.05, 4.69) is 0 Å². The van der Waals surface area contributed by atoms with E-state index in [0.29, 0.717) is 12.3 Å². The van der Waals surface area contributed by atoms with E-state index in [4.69, 9.17) is 27.9 Å². The van der Waals surface area contributed by atoms with Crippen molar-refractivity contribution >= 4 is 33.2 Å². The molecule has 0 spiro atoms. The van der Waals surface area contributed by atoms with Gasteiger partial charge in [0.2, 0.25) is 10.0 Å². The number of methoxy groups -OCH3 is 1. The molecule has 23 heavy (non-hydrogen) atoms. The van der Waals surface area contributed by atoms with E-state index in [1.165, 1.54) is 23.5 Å². The maximum atomic E-state index is 12.9. The number of sulfonamides is 1. The minimum atomic E-state index is -3.77. The van der Waals surface area contributed by atoms with Crippen molar-refractivity contribution in [1.82, 2.24) is 4.31 Å². The van der Waals surface area contributed by atoms with Crippen molar-refractivity contribution in [3.05, 3.63) is 58.1 Å². The van der Waals surface area contributed by atoms with Crippen LogP contribution < -0.4 is 4.74 Å². The fraction of sp³-hybridized carbons (Fsp3) is 0.250. The molecule has 0 saturated heterocycles. The highest BCUT2D eigenvalue weighted by Gasteiger charge is 2.27. The molecule has 0 unspecified atom stereocenters. The monoisotopic (exact) mass is 373 g/mol. The average molecular weight is 374 g/mol. The maximum absolute atomic E-state index is 12.9.